The lowest BCUT2D eigenvalue weighted by atomic mass is 9.85. The Hall–Kier alpha value is -4.13. The zero-order valence-electron chi connectivity index (χ0n) is 23.1. The number of carbonyl (C=O) groups is 1. The minimum Gasteiger partial charge on any atom is -0.493 e. The molecule has 0 bridgehead atoms. The first-order chi connectivity index (χ1) is 18.9. The van der Waals surface area contributed by atoms with Crippen molar-refractivity contribution in [3.63, 3.8) is 0 Å². The third-order valence-corrected chi connectivity index (χ3v) is 7.52. The maximum atomic E-state index is 13.6. The zero-order valence-corrected chi connectivity index (χ0v) is 23.1. The van der Waals surface area contributed by atoms with Gasteiger partial charge in [-0.3, -0.25) is 9.78 Å². The van der Waals surface area contributed by atoms with E-state index in [1.54, 1.807) is 19.6 Å². The molecule has 4 aromatic rings. The van der Waals surface area contributed by atoms with Crippen molar-refractivity contribution in [1.29, 1.82) is 0 Å². The van der Waals surface area contributed by atoms with Gasteiger partial charge in [0.15, 0.2) is 17.9 Å². The lowest BCUT2D eigenvalue weighted by Gasteiger charge is -2.39. The SMILES string of the molecule is COc1cc2c(cc1OCCc1cccnc1C)C(c1ccc(C)cc1C)N(C(=O)CCc1cocn1)CC2. The van der Waals surface area contributed by atoms with E-state index in [9.17, 15) is 4.79 Å². The number of ether oxygens (including phenoxy) is 2. The first kappa shape index (κ1) is 26.5. The fourth-order valence-corrected chi connectivity index (χ4v) is 5.43. The topological polar surface area (TPSA) is 77.7 Å². The van der Waals surface area contributed by atoms with Gasteiger partial charge in [0.05, 0.1) is 25.5 Å². The predicted octanol–water partition coefficient (Wildman–Crippen LogP) is 5.73. The second-order valence-electron chi connectivity index (χ2n) is 10.1. The van der Waals surface area contributed by atoms with Crippen molar-refractivity contribution < 1.29 is 18.7 Å². The molecule has 39 heavy (non-hydrogen) atoms. The van der Waals surface area contributed by atoms with Crippen molar-refractivity contribution in [3.05, 3.63) is 106 Å². The number of nitrogens with zero attached hydrogens (tertiary/aromatic N) is 3. The molecular formula is C32H35N3O4. The maximum Gasteiger partial charge on any atom is 0.223 e. The van der Waals surface area contributed by atoms with E-state index in [0.29, 0.717) is 37.5 Å². The van der Waals surface area contributed by atoms with Crippen molar-refractivity contribution in [2.24, 2.45) is 0 Å². The van der Waals surface area contributed by atoms with Crippen LogP contribution in [-0.2, 0) is 24.1 Å². The lowest BCUT2D eigenvalue weighted by Crippen LogP contribution is -2.41. The van der Waals surface area contributed by atoms with Gasteiger partial charge in [-0.1, -0.05) is 29.8 Å². The second kappa shape index (κ2) is 11.7. The quantitative estimate of drug-likeness (QED) is 0.278. The van der Waals surface area contributed by atoms with Gasteiger partial charge in [0.2, 0.25) is 5.91 Å². The monoisotopic (exact) mass is 525 g/mol. The molecule has 1 aliphatic heterocycles. The van der Waals surface area contributed by atoms with Gasteiger partial charge in [-0.25, -0.2) is 4.98 Å². The number of carbonyl (C=O) groups excluding carboxylic acids is 1. The summed E-state index contributed by atoms with van der Waals surface area (Å²) in [5.74, 6) is 1.49. The van der Waals surface area contributed by atoms with E-state index < -0.39 is 0 Å². The van der Waals surface area contributed by atoms with Gasteiger partial charge in [-0.15, -0.1) is 0 Å². The minimum atomic E-state index is -0.215. The maximum absolute atomic E-state index is 13.6. The Kier molecular flexibility index (Phi) is 7.96. The van der Waals surface area contributed by atoms with Crippen molar-refractivity contribution in [2.45, 2.75) is 52.5 Å². The zero-order chi connectivity index (χ0) is 27.4. The molecule has 2 aromatic carbocycles. The summed E-state index contributed by atoms with van der Waals surface area (Å²) in [6, 6.07) is 14.4. The summed E-state index contributed by atoms with van der Waals surface area (Å²) >= 11 is 0. The van der Waals surface area contributed by atoms with Crippen LogP contribution in [-0.4, -0.2) is 41.0 Å². The molecule has 0 spiro atoms. The number of aromatic nitrogens is 2. The first-order valence-electron chi connectivity index (χ1n) is 13.4. The van der Waals surface area contributed by atoms with Crippen molar-refractivity contribution in [2.75, 3.05) is 20.3 Å². The van der Waals surface area contributed by atoms with E-state index in [-0.39, 0.29) is 11.9 Å². The summed E-state index contributed by atoms with van der Waals surface area (Å²) in [4.78, 5) is 24.2. The minimum absolute atomic E-state index is 0.0963. The predicted molar refractivity (Wildman–Crippen MR) is 149 cm³/mol. The third kappa shape index (κ3) is 5.82. The van der Waals surface area contributed by atoms with E-state index in [1.807, 2.05) is 17.9 Å². The van der Waals surface area contributed by atoms with Crippen LogP contribution in [0, 0.1) is 20.8 Å². The molecule has 0 fully saturated rings. The third-order valence-electron chi connectivity index (χ3n) is 7.52. The second-order valence-corrected chi connectivity index (χ2v) is 10.1. The fraction of sp³-hybridized carbons (Fsp3) is 0.344. The van der Waals surface area contributed by atoms with Crippen LogP contribution in [0.5, 0.6) is 11.5 Å². The number of rotatable bonds is 9. The van der Waals surface area contributed by atoms with Crippen molar-refractivity contribution >= 4 is 5.91 Å². The Labute approximate surface area is 229 Å². The van der Waals surface area contributed by atoms with Crippen LogP contribution in [0.2, 0.25) is 0 Å². The molecule has 1 amide bonds. The van der Waals surface area contributed by atoms with Gasteiger partial charge in [0.25, 0.3) is 0 Å². The first-order valence-corrected chi connectivity index (χ1v) is 13.4. The Morgan fingerprint density at radius 2 is 1.92 bits per heavy atom. The van der Waals surface area contributed by atoms with Crippen molar-refractivity contribution in [1.82, 2.24) is 14.9 Å². The Balaban J connectivity index is 1.47. The number of pyridine rings is 1. The smallest absolute Gasteiger partial charge is 0.223 e. The molecule has 0 saturated heterocycles. The normalized spacial score (nSPS) is 14.7. The molecule has 1 unspecified atom stereocenters. The van der Waals surface area contributed by atoms with Crippen LogP contribution in [0.25, 0.3) is 0 Å². The Morgan fingerprint density at radius 1 is 1.05 bits per heavy atom. The van der Waals surface area contributed by atoms with E-state index in [4.69, 9.17) is 13.9 Å². The molecule has 202 valence electrons. The number of aryl methyl sites for hydroxylation is 4. The highest BCUT2D eigenvalue weighted by molar-refractivity contribution is 5.78. The highest BCUT2D eigenvalue weighted by Gasteiger charge is 2.34. The van der Waals surface area contributed by atoms with Crippen LogP contribution < -0.4 is 9.47 Å². The van der Waals surface area contributed by atoms with E-state index in [1.165, 1.54) is 17.5 Å². The van der Waals surface area contributed by atoms with Crippen LogP contribution >= 0.6 is 0 Å². The standard InChI is InChI=1S/C32H35N3O4/c1-21-7-9-27(22(2)16-21)32-28-18-30(39-15-12-24-6-5-13-33-23(24)3)29(37-4)17-25(28)11-14-35(32)31(36)10-8-26-19-38-20-34-26/h5-7,9,13,16-20,32H,8,10-12,14-15H2,1-4H3. The summed E-state index contributed by atoms with van der Waals surface area (Å²) in [5, 5.41) is 0. The van der Waals surface area contributed by atoms with Gasteiger partial charge in [-0.05, 0) is 73.2 Å². The number of hydrogen-bond acceptors (Lipinski definition) is 6. The molecule has 7 heteroatoms. The van der Waals surface area contributed by atoms with Gasteiger partial charge < -0.3 is 18.8 Å². The number of benzene rings is 2. The summed E-state index contributed by atoms with van der Waals surface area (Å²) in [5.41, 5.74) is 8.68. The highest BCUT2D eigenvalue weighted by Crippen LogP contribution is 2.42. The van der Waals surface area contributed by atoms with Gasteiger partial charge in [0.1, 0.15) is 6.26 Å². The lowest BCUT2D eigenvalue weighted by molar-refractivity contribution is -0.133. The van der Waals surface area contributed by atoms with Crippen LogP contribution in [0.1, 0.15) is 57.2 Å². The highest BCUT2D eigenvalue weighted by atomic mass is 16.5. The van der Waals surface area contributed by atoms with Gasteiger partial charge in [-0.2, -0.15) is 0 Å². The largest absolute Gasteiger partial charge is 0.493 e. The molecule has 0 radical (unpaired) electrons. The summed E-state index contributed by atoms with van der Waals surface area (Å²) < 4.78 is 17.1. The van der Waals surface area contributed by atoms with E-state index >= 15 is 0 Å². The van der Waals surface area contributed by atoms with Crippen LogP contribution in [0.15, 0.2) is 65.7 Å². The molecule has 2 aromatic heterocycles. The number of hydrogen-bond donors (Lipinski definition) is 0. The number of oxazole rings is 1. The van der Waals surface area contributed by atoms with Crippen molar-refractivity contribution in [3.8, 4) is 11.5 Å². The summed E-state index contributed by atoms with van der Waals surface area (Å²) in [6.45, 7) is 7.35. The summed E-state index contributed by atoms with van der Waals surface area (Å²) in [6.07, 6.45) is 7.21. The molecule has 1 aliphatic rings. The van der Waals surface area contributed by atoms with E-state index in [2.05, 4.69) is 60.2 Å². The molecule has 0 saturated carbocycles. The molecule has 1 atom stereocenters. The molecule has 7 nitrogen and oxygen atoms in total. The Bertz CT molecular complexity index is 1450. The van der Waals surface area contributed by atoms with Gasteiger partial charge >= 0.3 is 0 Å². The molecule has 0 aliphatic carbocycles. The average molecular weight is 526 g/mol. The van der Waals surface area contributed by atoms with Gasteiger partial charge in [0, 0.05) is 37.7 Å². The van der Waals surface area contributed by atoms with Crippen LogP contribution in [0.3, 0.4) is 0 Å². The molecular weight excluding hydrogens is 490 g/mol. The van der Waals surface area contributed by atoms with E-state index in [0.717, 1.165) is 46.5 Å². The average Bonchev–Trinajstić information content (AvgIpc) is 3.46. The molecule has 5 rings (SSSR count). The molecule has 0 N–H and O–H groups in total. The molecule has 3 heterocycles. The number of methoxy groups -OCH3 is 1. The van der Waals surface area contributed by atoms with Crippen LogP contribution in [0.4, 0.5) is 0 Å². The fourth-order valence-electron chi connectivity index (χ4n) is 5.43. The number of amides is 1. The Morgan fingerprint density at radius 3 is 2.67 bits per heavy atom. The summed E-state index contributed by atoms with van der Waals surface area (Å²) in [7, 11) is 1.67. The number of fused-ring (bicyclic) bond motifs is 1.